The molecule has 2 heterocycles. The summed E-state index contributed by atoms with van der Waals surface area (Å²) in [7, 11) is -3.60. The van der Waals surface area contributed by atoms with Gasteiger partial charge in [0, 0.05) is 48.9 Å². The highest BCUT2D eigenvalue weighted by Gasteiger charge is 2.30. The first-order valence-electron chi connectivity index (χ1n) is 10.6. The number of benzene rings is 2. The fraction of sp³-hybridized carbons (Fsp3) is 0.318. The minimum Gasteiger partial charge on any atom is -0.368 e. The largest absolute Gasteiger partial charge is 0.368 e. The van der Waals surface area contributed by atoms with Gasteiger partial charge in [-0.1, -0.05) is 23.7 Å². The summed E-state index contributed by atoms with van der Waals surface area (Å²) in [5, 5.41) is 3.31. The first kappa shape index (κ1) is 23.1. The Morgan fingerprint density at radius 3 is 2.45 bits per heavy atom. The number of hydrogen-bond acceptors (Lipinski definition) is 6. The Balaban J connectivity index is 1.20. The molecule has 0 atom stereocenters. The van der Waals surface area contributed by atoms with Crippen LogP contribution in [0.5, 0.6) is 0 Å². The standard InChI is InChI=1S/C22H24ClN5O4S/c23-16-5-7-17(8-6-16)27-11-13-28(14-12-27)21(30)15-25-20(29)9-10-24-22-18-3-1-2-4-19(18)33(31,32)26-22/h1-8H,9-15H2,(H,24,26)(H,25,29). The van der Waals surface area contributed by atoms with Gasteiger partial charge in [0.05, 0.1) is 18.0 Å². The van der Waals surface area contributed by atoms with E-state index in [-0.39, 0.29) is 42.1 Å². The van der Waals surface area contributed by atoms with Crippen molar-refractivity contribution in [2.75, 3.05) is 44.2 Å². The third-order valence-electron chi connectivity index (χ3n) is 5.53. The molecule has 0 aliphatic carbocycles. The van der Waals surface area contributed by atoms with Crippen molar-refractivity contribution in [3.8, 4) is 0 Å². The van der Waals surface area contributed by atoms with Crippen molar-refractivity contribution in [2.45, 2.75) is 11.3 Å². The van der Waals surface area contributed by atoms with Crippen LogP contribution in [-0.2, 0) is 19.6 Å². The van der Waals surface area contributed by atoms with Crippen LogP contribution in [0.25, 0.3) is 0 Å². The van der Waals surface area contributed by atoms with Gasteiger partial charge in [-0.15, -0.1) is 0 Å². The number of nitrogens with one attached hydrogen (secondary N) is 2. The van der Waals surface area contributed by atoms with Crippen molar-refractivity contribution >= 4 is 45.0 Å². The van der Waals surface area contributed by atoms with Crippen LogP contribution in [0.3, 0.4) is 0 Å². The number of aliphatic imine (C=N–C) groups is 1. The molecule has 4 rings (SSSR count). The van der Waals surface area contributed by atoms with Gasteiger partial charge in [-0.05, 0) is 36.4 Å². The zero-order valence-electron chi connectivity index (χ0n) is 17.8. The van der Waals surface area contributed by atoms with Crippen LogP contribution in [0, 0.1) is 0 Å². The predicted molar refractivity (Wildman–Crippen MR) is 126 cm³/mol. The Bertz CT molecular complexity index is 1180. The Morgan fingerprint density at radius 2 is 1.73 bits per heavy atom. The summed E-state index contributed by atoms with van der Waals surface area (Å²) in [5.74, 6) is -0.224. The maximum absolute atomic E-state index is 12.5. The molecule has 2 aliphatic rings. The van der Waals surface area contributed by atoms with E-state index in [9.17, 15) is 18.0 Å². The number of rotatable bonds is 6. The van der Waals surface area contributed by atoms with Gasteiger partial charge < -0.3 is 15.1 Å². The van der Waals surface area contributed by atoms with Gasteiger partial charge in [-0.2, -0.15) is 0 Å². The van der Waals surface area contributed by atoms with Crippen molar-refractivity contribution in [1.29, 1.82) is 0 Å². The molecule has 33 heavy (non-hydrogen) atoms. The van der Waals surface area contributed by atoms with Crippen molar-refractivity contribution in [3.05, 3.63) is 59.1 Å². The molecule has 2 aliphatic heterocycles. The van der Waals surface area contributed by atoms with E-state index >= 15 is 0 Å². The monoisotopic (exact) mass is 489 g/mol. The van der Waals surface area contributed by atoms with E-state index in [0.29, 0.717) is 36.8 Å². The van der Waals surface area contributed by atoms with E-state index in [2.05, 4.69) is 19.9 Å². The van der Waals surface area contributed by atoms with Gasteiger partial charge in [0.25, 0.3) is 10.0 Å². The molecule has 1 fully saturated rings. The van der Waals surface area contributed by atoms with Crippen LogP contribution in [0.15, 0.2) is 58.4 Å². The number of anilines is 1. The SMILES string of the molecule is O=C(CCN=C1NS(=O)(=O)c2ccccc21)NCC(=O)N1CCN(c2ccc(Cl)cc2)CC1. The van der Waals surface area contributed by atoms with E-state index in [1.165, 1.54) is 6.07 Å². The second kappa shape index (κ2) is 9.80. The van der Waals surface area contributed by atoms with Crippen LogP contribution in [0.4, 0.5) is 5.69 Å². The van der Waals surface area contributed by atoms with E-state index in [1.54, 1.807) is 23.1 Å². The maximum atomic E-state index is 12.5. The lowest BCUT2D eigenvalue weighted by Crippen LogP contribution is -2.51. The summed E-state index contributed by atoms with van der Waals surface area (Å²) in [6.45, 7) is 2.58. The number of hydrogen-bond donors (Lipinski definition) is 2. The molecule has 0 bridgehead atoms. The molecule has 2 aromatic rings. The van der Waals surface area contributed by atoms with Crippen LogP contribution < -0.4 is 14.9 Å². The summed E-state index contributed by atoms with van der Waals surface area (Å²) in [6.07, 6.45) is 0.0466. The molecule has 9 nitrogen and oxygen atoms in total. The number of amidine groups is 1. The number of piperazine rings is 1. The van der Waals surface area contributed by atoms with Crippen molar-refractivity contribution in [3.63, 3.8) is 0 Å². The molecule has 11 heteroatoms. The summed E-state index contributed by atoms with van der Waals surface area (Å²) in [5.41, 5.74) is 1.56. The van der Waals surface area contributed by atoms with E-state index < -0.39 is 10.0 Å². The highest BCUT2D eigenvalue weighted by molar-refractivity contribution is 7.90. The van der Waals surface area contributed by atoms with E-state index in [1.807, 2.05) is 24.3 Å². The minimum atomic E-state index is -3.60. The third kappa shape index (κ3) is 5.45. The number of fused-ring (bicyclic) bond motifs is 1. The van der Waals surface area contributed by atoms with Crippen LogP contribution in [0.2, 0.25) is 5.02 Å². The topological polar surface area (TPSA) is 111 Å². The lowest BCUT2D eigenvalue weighted by Gasteiger charge is -2.36. The molecule has 2 N–H and O–H groups in total. The molecule has 2 amide bonds. The number of amides is 2. The summed E-state index contributed by atoms with van der Waals surface area (Å²) >= 11 is 5.93. The van der Waals surface area contributed by atoms with E-state index in [0.717, 1.165) is 5.69 Å². The Labute approximate surface area is 197 Å². The molecule has 0 radical (unpaired) electrons. The summed E-state index contributed by atoms with van der Waals surface area (Å²) < 4.78 is 26.6. The van der Waals surface area contributed by atoms with Gasteiger partial charge in [-0.25, -0.2) is 8.42 Å². The lowest BCUT2D eigenvalue weighted by molar-refractivity contribution is -0.133. The Hall–Kier alpha value is -3.11. The third-order valence-corrected chi connectivity index (χ3v) is 7.18. The molecule has 0 unspecified atom stereocenters. The molecule has 2 aromatic carbocycles. The maximum Gasteiger partial charge on any atom is 0.263 e. The first-order valence-corrected chi connectivity index (χ1v) is 12.4. The average molecular weight is 490 g/mol. The summed E-state index contributed by atoms with van der Waals surface area (Å²) in [6, 6.07) is 14.1. The fourth-order valence-corrected chi connectivity index (χ4v) is 5.14. The van der Waals surface area contributed by atoms with Crippen molar-refractivity contribution < 1.29 is 18.0 Å². The van der Waals surface area contributed by atoms with Crippen molar-refractivity contribution in [1.82, 2.24) is 14.9 Å². The molecule has 174 valence electrons. The lowest BCUT2D eigenvalue weighted by atomic mass is 10.2. The number of halogens is 1. The van der Waals surface area contributed by atoms with Gasteiger partial charge in [0.2, 0.25) is 11.8 Å². The minimum absolute atomic E-state index is 0.0466. The molecule has 0 aromatic heterocycles. The molecule has 0 saturated carbocycles. The average Bonchev–Trinajstić information content (AvgIpc) is 3.08. The van der Waals surface area contributed by atoms with Crippen LogP contribution in [0.1, 0.15) is 12.0 Å². The Kier molecular flexibility index (Phi) is 6.85. The van der Waals surface area contributed by atoms with E-state index in [4.69, 9.17) is 11.6 Å². The second-order valence-corrected chi connectivity index (χ2v) is 9.79. The first-order chi connectivity index (χ1) is 15.8. The zero-order valence-corrected chi connectivity index (χ0v) is 19.4. The summed E-state index contributed by atoms with van der Waals surface area (Å²) in [4.78, 5) is 32.9. The number of nitrogens with zero attached hydrogens (tertiary/aromatic N) is 3. The molecule has 1 saturated heterocycles. The predicted octanol–water partition coefficient (Wildman–Crippen LogP) is 1.23. The highest BCUT2D eigenvalue weighted by atomic mass is 35.5. The zero-order chi connectivity index (χ0) is 23.4. The number of carbonyl (C=O) groups excluding carboxylic acids is 2. The smallest absolute Gasteiger partial charge is 0.263 e. The Morgan fingerprint density at radius 1 is 1.03 bits per heavy atom. The van der Waals surface area contributed by atoms with Gasteiger partial charge in [0.15, 0.2) is 0 Å². The quantitative estimate of drug-likeness (QED) is 0.634. The van der Waals surface area contributed by atoms with Gasteiger partial charge in [-0.3, -0.25) is 19.3 Å². The second-order valence-electron chi connectivity index (χ2n) is 7.70. The van der Waals surface area contributed by atoms with Gasteiger partial charge >= 0.3 is 0 Å². The molecular formula is C22H24ClN5O4S. The normalized spacial score (nSPS) is 18.0. The van der Waals surface area contributed by atoms with Crippen LogP contribution in [-0.4, -0.2) is 70.2 Å². The fourth-order valence-electron chi connectivity index (χ4n) is 3.76. The number of sulfonamides is 1. The van der Waals surface area contributed by atoms with Gasteiger partial charge in [0.1, 0.15) is 5.84 Å². The number of carbonyl (C=O) groups is 2. The van der Waals surface area contributed by atoms with Crippen molar-refractivity contribution in [2.24, 2.45) is 4.99 Å². The molecule has 0 spiro atoms. The van der Waals surface area contributed by atoms with Crippen LogP contribution >= 0.6 is 11.6 Å². The highest BCUT2D eigenvalue weighted by Crippen LogP contribution is 2.22. The molecular weight excluding hydrogens is 466 g/mol.